The number of carbonyl (C=O) groups is 1. The lowest BCUT2D eigenvalue weighted by Gasteiger charge is -2.25. The molecule has 3 nitrogen and oxygen atoms in total. The minimum atomic E-state index is 0.167. The predicted molar refractivity (Wildman–Crippen MR) is 87.8 cm³/mol. The molecule has 0 spiro atoms. The molecule has 1 amide bonds. The summed E-state index contributed by atoms with van der Waals surface area (Å²) < 4.78 is 0. The van der Waals surface area contributed by atoms with E-state index >= 15 is 0 Å². The molecule has 1 aliphatic heterocycles. The molecule has 1 aromatic rings. The number of amides is 1. The summed E-state index contributed by atoms with van der Waals surface area (Å²) in [6, 6.07) is 8.58. The van der Waals surface area contributed by atoms with E-state index in [-0.39, 0.29) is 5.91 Å². The summed E-state index contributed by atoms with van der Waals surface area (Å²) in [5.41, 5.74) is 2.09. The monoisotopic (exact) mass is 288 g/mol. The van der Waals surface area contributed by atoms with Crippen LogP contribution in [0.5, 0.6) is 0 Å². The van der Waals surface area contributed by atoms with Crippen LogP contribution in [0.2, 0.25) is 0 Å². The average molecular weight is 288 g/mol. The van der Waals surface area contributed by atoms with Gasteiger partial charge in [-0.3, -0.25) is 4.79 Å². The zero-order chi connectivity index (χ0) is 15.2. The Labute approximate surface area is 128 Å². The molecule has 0 aliphatic carbocycles. The molecule has 0 radical (unpaired) electrons. The van der Waals surface area contributed by atoms with E-state index in [0.29, 0.717) is 12.0 Å². The van der Waals surface area contributed by atoms with Crippen LogP contribution in [0.15, 0.2) is 24.3 Å². The largest absolute Gasteiger partial charge is 0.337 e. The Morgan fingerprint density at radius 2 is 2.05 bits per heavy atom. The molecule has 1 fully saturated rings. The van der Waals surface area contributed by atoms with Crippen molar-refractivity contribution < 1.29 is 4.79 Å². The quantitative estimate of drug-likeness (QED) is 0.870. The lowest BCUT2D eigenvalue weighted by atomic mass is 10.0. The van der Waals surface area contributed by atoms with Gasteiger partial charge in [0.25, 0.3) is 5.91 Å². The Balaban J connectivity index is 2.05. The van der Waals surface area contributed by atoms with Crippen LogP contribution in [0.1, 0.15) is 61.9 Å². The molecule has 3 heteroatoms. The third-order valence-electron chi connectivity index (χ3n) is 4.21. The average Bonchev–Trinajstić information content (AvgIpc) is 2.99. The summed E-state index contributed by atoms with van der Waals surface area (Å²) in [6.45, 7) is 9.23. The standard InChI is InChI=1S/C18H28N2O/c1-4-12-20(13-17-6-5-11-19-17)18(21)16-9-7-15(8-10-16)14(2)3/h7-10,14,17,19H,4-6,11-13H2,1-3H3. The highest BCUT2D eigenvalue weighted by molar-refractivity contribution is 5.94. The van der Waals surface area contributed by atoms with E-state index in [2.05, 4.69) is 38.2 Å². The fourth-order valence-electron chi connectivity index (χ4n) is 2.92. The van der Waals surface area contributed by atoms with Gasteiger partial charge in [-0.1, -0.05) is 32.9 Å². The van der Waals surface area contributed by atoms with E-state index in [0.717, 1.165) is 31.6 Å². The van der Waals surface area contributed by atoms with Gasteiger partial charge in [-0.25, -0.2) is 0 Å². The molecule has 0 aromatic heterocycles. The lowest BCUT2D eigenvalue weighted by molar-refractivity contribution is 0.0742. The van der Waals surface area contributed by atoms with Crippen LogP contribution < -0.4 is 5.32 Å². The van der Waals surface area contributed by atoms with Crippen molar-refractivity contribution >= 4 is 5.91 Å². The molecule has 1 aliphatic rings. The van der Waals surface area contributed by atoms with Crippen LogP contribution in [0.3, 0.4) is 0 Å². The van der Waals surface area contributed by atoms with Gasteiger partial charge < -0.3 is 10.2 Å². The summed E-state index contributed by atoms with van der Waals surface area (Å²) >= 11 is 0. The van der Waals surface area contributed by atoms with Crippen molar-refractivity contribution in [2.45, 2.75) is 52.0 Å². The highest BCUT2D eigenvalue weighted by Gasteiger charge is 2.21. The van der Waals surface area contributed by atoms with Gasteiger partial charge in [0, 0.05) is 24.7 Å². The molecular weight excluding hydrogens is 260 g/mol. The zero-order valence-corrected chi connectivity index (χ0v) is 13.6. The summed E-state index contributed by atoms with van der Waals surface area (Å²) in [4.78, 5) is 14.7. The van der Waals surface area contributed by atoms with Crippen LogP contribution >= 0.6 is 0 Å². The van der Waals surface area contributed by atoms with Crippen LogP contribution in [0.25, 0.3) is 0 Å². The van der Waals surface area contributed by atoms with Gasteiger partial charge >= 0.3 is 0 Å². The first kappa shape index (κ1) is 16.0. The second-order valence-corrected chi connectivity index (χ2v) is 6.32. The van der Waals surface area contributed by atoms with Crippen LogP contribution in [0.4, 0.5) is 0 Å². The Hall–Kier alpha value is -1.35. The van der Waals surface area contributed by atoms with Crippen molar-refractivity contribution in [3.8, 4) is 0 Å². The van der Waals surface area contributed by atoms with Gasteiger partial charge in [0.05, 0.1) is 0 Å². The highest BCUT2D eigenvalue weighted by Crippen LogP contribution is 2.16. The van der Waals surface area contributed by atoms with Gasteiger partial charge in [0.15, 0.2) is 0 Å². The molecular formula is C18H28N2O. The van der Waals surface area contributed by atoms with E-state index in [9.17, 15) is 4.79 Å². The minimum Gasteiger partial charge on any atom is -0.337 e. The molecule has 1 aromatic carbocycles. The second kappa shape index (κ2) is 7.60. The highest BCUT2D eigenvalue weighted by atomic mass is 16.2. The van der Waals surface area contributed by atoms with E-state index in [1.165, 1.54) is 18.4 Å². The number of hydrogen-bond acceptors (Lipinski definition) is 2. The maximum Gasteiger partial charge on any atom is 0.253 e. The SMILES string of the molecule is CCCN(CC1CCCN1)C(=O)c1ccc(C(C)C)cc1. The van der Waals surface area contributed by atoms with Crippen molar-refractivity contribution in [3.63, 3.8) is 0 Å². The number of rotatable bonds is 6. The molecule has 1 saturated heterocycles. The Kier molecular flexibility index (Phi) is 5.80. The fraction of sp³-hybridized carbons (Fsp3) is 0.611. The molecule has 1 unspecified atom stereocenters. The summed E-state index contributed by atoms with van der Waals surface area (Å²) in [6.07, 6.45) is 3.41. The molecule has 0 saturated carbocycles. The lowest BCUT2D eigenvalue weighted by Crippen LogP contribution is -2.41. The summed E-state index contributed by atoms with van der Waals surface area (Å²) in [7, 11) is 0. The van der Waals surface area contributed by atoms with E-state index in [1.54, 1.807) is 0 Å². The third-order valence-corrected chi connectivity index (χ3v) is 4.21. The molecule has 1 N–H and O–H groups in total. The van der Waals surface area contributed by atoms with Crippen LogP contribution in [-0.4, -0.2) is 36.5 Å². The number of carbonyl (C=O) groups excluding carboxylic acids is 1. The van der Waals surface area contributed by atoms with Gasteiger partial charge in [-0.15, -0.1) is 0 Å². The van der Waals surface area contributed by atoms with E-state index in [4.69, 9.17) is 0 Å². The normalized spacial score (nSPS) is 18.2. The van der Waals surface area contributed by atoms with Crippen molar-refractivity contribution in [2.75, 3.05) is 19.6 Å². The topological polar surface area (TPSA) is 32.3 Å². The molecule has 2 rings (SSSR count). The van der Waals surface area contributed by atoms with Crippen molar-refractivity contribution in [2.24, 2.45) is 0 Å². The second-order valence-electron chi connectivity index (χ2n) is 6.32. The summed E-state index contributed by atoms with van der Waals surface area (Å²) in [5.74, 6) is 0.671. The van der Waals surface area contributed by atoms with Gasteiger partial charge in [0.1, 0.15) is 0 Å². The predicted octanol–water partition coefficient (Wildman–Crippen LogP) is 3.41. The van der Waals surface area contributed by atoms with Crippen LogP contribution in [-0.2, 0) is 0 Å². The Morgan fingerprint density at radius 1 is 1.33 bits per heavy atom. The first-order chi connectivity index (χ1) is 10.1. The number of nitrogens with zero attached hydrogens (tertiary/aromatic N) is 1. The van der Waals surface area contributed by atoms with E-state index in [1.807, 2.05) is 17.0 Å². The van der Waals surface area contributed by atoms with Crippen molar-refractivity contribution in [3.05, 3.63) is 35.4 Å². The minimum absolute atomic E-state index is 0.167. The first-order valence-corrected chi connectivity index (χ1v) is 8.24. The van der Waals surface area contributed by atoms with E-state index < -0.39 is 0 Å². The maximum absolute atomic E-state index is 12.7. The number of hydrogen-bond donors (Lipinski definition) is 1. The Morgan fingerprint density at radius 3 is 2.57 bits per heavy atom. The number of benzene rings is 1. The number of nitrogens with one attached hydrogen (secondary N) is 1. The smallest absolute Gasteiger partial charge is 0.253 e. The van der Waals surface area contributed by atoms with Crippen molar-refractivity contribution in [1.29, 1.82) is 0 Å². The fourth-order valence-corrected chi connectivity index (χ4v) is 2.92. The first-order valence-electron chi connectivity index (χ1n) is 8.24. The molecule has 1 atom stereocenters. The van der Waals surface area contributed by atoms with Crippen molar-refractivity contribution in [1.82, 2.24) is 10.2 Å². The van der Waals surface area contributed by atoms with Crippen LogP contribution in [0, 0.1) is 0 Å². The third kappa shape index (κ3) is 4.31. The summed E-state index contributed by atoms with van der Waals surface area (Å²) in [5, 5.41) is 3.48. The molecule has 0 bridgehead atoms. The zero-order valence-electron chi connectivity index (χ0n) is 13.6. The molecule has 21 heavy (non-hydrogen) atoms. The van der Waals surface area contributed by atoms with Gasteiger partial charge in [-0.05, 0) is 49.4 Å². The van der Waals surface area contributed by atoms with Gasteiger partial charge in [-0.2, -0.15) is 0 Å². The Bertz CT molecular complexity index is 447. The molecule has 1 heterocycles. The maximum atomic E-state index is 12.7. The van der Waals surface area contributed by atoms with Gasteiger partial charge in [0.2, 0.25) is 0 Å². The molecule has 116 valence electrons.